The minimum atomic E-state index is 0.431. The number of aromatic nitrogens is 4. The second-order valence-electron chi connectivity index (χ2n) is 6.53. The summed E-state index contributed by atoms with van der Waals surface area (Å²) < 4.78 is 1.88. The highest BCUT2D eigenvalue weighted by Crippen LogP contribution is 2.37. The molecular formula is C15H22N6. The highest BCUT2D eigenvalue weighted by atomic mass is 15.4. The van der Waals surface area contributed by atoms with E-state index in [9.17, 15) is 0 Å². The van der Waals surface area contributed by atoms with Gasteiger partial charge in [0.15, 0.2) is 0 Å². The smallest absolute Gasteiger partial charge is 0.254 e. The van der Waals surface area contributed by atoms with E-state index < -0.39 is 0 Å². The Labute approximate surface area is 124 Å². The fourth-order valence-electron chi connectivity index (χ4n) is 3.92. The van der Waals surface area contributed by atoms with Gasteiger partial charge in [0.1, 0.15) is 12.1 Å². The van der Waals surface area contributed by atoms with Crippen molar-refractivity contribution in [2.24, 2.45) is 5.41 Å². The summed E-state index contributed by atoms with van der Waals surface area (Å²) >= 11 is 0. The Morgan fingerprint density at radius 1 is 1.29 bits per heavy atom. The molecule has 6 nitrogen and oxygen atoms in total. The number of anilines is 1. The van der Waals surface area contributed by atoms with E-state index in [1.165, 1.54) is 32.2 Å². The highest BCUT2D eigenvalue weighted by molar-refractivity contribution is 5.47. The first-order valence-electron chi connectivity index (χ1n) is 7.89. The first-order chi connectivity index (χ1) is 10.3. The number of hydrogen-bond acceptors (Lipinski definition) is 5. The van der Waals surface area contributed by atoms with Crippen LogP contribution < -0.4 is 10.2 Å². The van der Waals surface area contributed by atoms with Crippen LogP contribution in [0.4, 0.5) is 5.82 Å². The normalized spacial score (nSPS) is 26.6. The molecule has 21 heavy (non-hydrogen) atoms. The van der Waals surface area contributed by atoms with Crippen LogP contribution in [0.1, 0.15) is 31.4 Å². The third-order valence-corrected chi connectivity index (χ3v) is 4.91. The summed E-state index contributed by atoms with van der Waals surface area (Å²) in [4.78, 5) is 11.2. The zero-order valence-electron chi connectivity index (χ0n) is 12.5. The zero-order chi connectivity index (χ0) is 14.3. The Morgan fingerprint density at radius 3 is 3.05 bits per heavy atom. The van der Waals surface area contributed by atoms with Crippen molar-refractivity contribution >= 4 is 11.6 Å². The SMILES string of the molecule is Cc1cc(N2CCCC3(CCCNC3)C2)n2ncnc2n1. The van der Waals surface area contributed by atoms with Gasteiger partial charge in [0.25, 0.3) is 5.78 Å². The van der Waals surface area contributed by atoms with Crippen molar-refractivity contribution in [3.63, 3.8) is 0 Å². The molecule has 6 heteroatoms. The van der Waals surface area contributed by atoms with E-state index in [2.05, 4.69) is 31.3 Å². The Balaban J connectivity index is 1.69. The van der Waals surface area contributed by atoms with Crippen LogP contribution >= 0.6 is 0 Å². The number of hydrogen-bond donors (Lipinski definition) is 1. The molecule has 0 bridgehead atoms. The van der Waals surface area contributed by atoms with Crippen LogP contribution in [0.15, 0.2) is 12.4 Å². The Kier molecular flexibility index (Phi) is 3.06. The van der Waals surface area contributed by atoms with Crippen LogP contribution in [0.3, 0.4) is 0 Å². The van der Waals surface area contributed by atoms with Gasteiger partial charge >= 0.3 is 0 Å². The van der Waals surface area contributed by atoms with Gasteiger partial charge in [-0.25, -0.2) is 4.98 Å². The standard InChI is InChI=1S/C15H22N6/c1-12-8-13(21-14(19-12)17-11-18-21)20-7-3-5-15(10-20)4-2-6-16-9-15/h8,11,16H,2-7,9-10H2,1H3. The van der Waals surface area contributed by atoms with Gasteiger partial charge in [0.2, 0.25) is 0 Å². The molecule has 112 valence electrons. The van der Waals surface area contributed by atoms with Crippen LogP contribution in [-0.4, -0.2) is 45.8 Å². The second-order valence-corrected chi connectivity index (χ2v) is 6.53. The summed E-state index contributed by atoms with van der Waals surface area (Å²) in [6, 6.07) is 2.14. The average molecular weight is 286 g/mol. The largest absolute Gasteiger partial charge is 0.356 e. The van der Waals surface area contributed by atoms with E-state index in [1.54, 1.807) is 6.33 Å². The minimum Gasteiger partial charge on any atom is -0.356 e. The number of rotatable bonds is 1. The molecule has 0 aliphatic carbocycles. The van der Waals surface area contributed by atoms with Crippen molar-refractivity contribution in [3.8, 4) is 0 Å². The fraction of sp³-hybridized carbons (Fsp3) is 0.667. The van der Waals surface area contributed by atoms with Gasteiger partial charge in [0.05, 0.1) is 0 Å². The summed E-state index contributed by atoms with van der Waals surface area (Å²) in [7, 11) is 0. The molecule has 1 N–H and O–H groups in total. The maximum absolute atomic E-state index is 4.45. The highest BCUT2D eigenvalue weighted by Gasteiger charge is 2.37. The Morgan fingerprint density at radius 2 is 2.19 bits per heavy atom. The third-order valence-electron chi connectivity index (χ3n) is 4.91. The summed E-state index contributed by atoms with van der Waals surface area (Å²) in [6.45, 7) is 6.55. The molecule has 0 aromatic carbocycles. The lowest BCUT2D eigenvalue weighted by atomic mass is 9.74. The van der Waals surface area contributed by atoms with Gasteiger partial charge in [0, 0.05) is 36.8 Å². The van der Waals surface area contributed by atoms with E-state index >= 15 is 0 Å². The van der Waals surface area contributed by atoms with Crippen LogP contribution in [0.25, 0.3) is 5.78 Å². The van der Waals surface area contributed by atoms with Crippen LogP contribution in [0.5, 0.6) is 0 Å². The lowest BCUT2D eigenvalue weighted by molar-refractivity contribution is 0.172. The second kappa shape index (κ2) is 4.94. The molecule has 0 radical (unpaired) electrons. The molecule has 1 unspecified atom stereocenters. The quantitative estimate of drug-likeness (QED) is 0.859. The lowest BCUT2D eigenvalue weighted by Crippen LogP contribution is -2.51. The van der Waals surface area contributed by atoms with Crippen molar-refractivity contribution in [2.45, 2.75) is 32.6 Å². The van der Waals surface area contributed by atoms with E-state index in [4.69, 9.17) is 0 Å². The predicted molar refractivity (Wildman–Crippen MR) is 81.5 cm³/mol. The Bertz CT molecular complexity index is 637. The molecule has 1 atom stereocenters. The van der Waals surface area contributed by atoms with Crippen LogP contribution in [0, 0.1) is 12.3 Å². The molecule has 2 saturated heterocycles. The summed E-state index contributed by atoms with van der Waals surface area (Å²) in [6.07, 6.45) is 6.80. The number of piperidine rings is 2. The van der Waals surface area contributed by atoms with Gasteiger partial charge in [-0.2, -0.15) is 14.6 Å². The number of nitrogens with zero attached hydrogens (tertiary/aromatic N) is 5. The van der Waals surface area contributed by atoms with Crippen LogP contribution in [0.2, 0.25) is 0 Å². The molecule has 0 saturated carbocycles. The van der Waals surface area contributed by atoms with Crippen LogP contribution in [-0.2, 0) is 0 Å². The molecule has 2 aliphatic heterocycles. The molecule has 0 amide bonds. The predicted octanol–water partition coefficient (Wildman–Crippen LogP) is 1.40. The van der Waals surface area contributed by atoms with Crippen molar-refractivity contribution < 1.29 is 0 Å². The van der Waals surface area contributed by atoms with E-state index in [-0.39, 0.29) is 0 Å². The lowest BCUT2D eigenvalue weighted by Gasteiger charge is -2.46. The van der Waals surface area contributed by atoms with Gasteiger partial charge in [-0.15, -0.1) is 0 Å². The summed E-state index contributed by atoms with van der Waals surface area (Å²) in [5, 5.41) is 7.94. The maximum atomic E-state index is 4.45. The minimum absolute atomic E-state index is 0.431. The number of fused-ring (bicyclic) bond motifs is 1. The van der Waals surface area contributed by atoms with E-state index in [0.717, 1.165) is 31.1 Å². The molecular weight excluding hydrogens is 264 g/mol. The molecule has 4 heterocycles. The topological polar surface area (TPSA) is 58.4 Å². The summed E-state index contributed by atoms with van der Waals surface area (Å²) in [5.41, 5.74) is 1.44. The monoisotopic (exact) mass is 286 g/mol. The summed E-state index contributed by atoms with van der Waals surface area (Å²) in [5.74, 6) is 1.84. The molecule has 1 spiro atoms. The molecule has 2 aromatic rings. The van der Waals surface area contributed by atoms with Crippen molar-refractivity contribution in [2.75, 3.05) is 31.1 Å². The van der Waals surface area contributed by atoms with E-state index in [0.29, 0.717) is 11.2 Å². The van der Waals surface area contributed by atoms with Crippen molar-refractivity contribution in [1.82, 2.24) is 24.9 Å². The fourth-order valence-corrected chi connectivity index (χ4v) is 3.92. The maximum Gasteiger partial charge on any atom is 0.254 e. The molecule has 4 rings (SSSR count). The zero-order valence-corrected chi connectivity index (χ0v) is 12.5. The van der Waals surface area contributed by atoms with Crippen molar-refractivity contribution in [1.29, 1.82) is 0 Å². The number of aryl methyl sites for hydroxylation is 1. The van der Waals surface area contributed by atoms with Gasteiger partial charge in [-0.1, -0.05) is 0 Å². The van der Waals surface area contributed by atoms with Gasteiger partial charge in [-0.05, 0) is 39.2 Å². The molecule has 2 aromatic heterocycles. The average Bonchev–Trinajstić information content (AvgIpc) is 2.95. The first-order valence-corrected chi connectivity index (χ1v) is 7.89. The van der Waals surface area contributed by atoms with Gasteiger partial charge in [-0.3, -0.25) is 0 Å². The number of nitrogens with one attached hydrogen (secondary N) is 1. The Hall–Kier alpha value is -1.69. The first kappa shape index (κ1) is 13.0. The van der Waals surface area contributed by atoms with Gasteiger partial charge < -0.3 is 10.2 Å². The third kappa shape index (κ3) is 2.27. The van der Waals surface area contributed by atoms with Crippen molar-refractivity contribution in [3.05, 3.63) is 18.1 Å². The molecule has 2 aliphatic rings. The van der Waals surface area contributed by atoms with E-state index in [1.807, 2.05) is 11.4 Å². The molecule has 2 fully saturated rings.